The predicted octanol–water partition coefficient (Wildman–Crippen LogP) is 0.592. The summed E-state index contributed by atoms with van der Waals surface area (Å²) < 4.78 is 30.2. The number of sulfonamides is 1. The fourth-order valence-electron chi connectivity index (χ4n) is 3.46. The van der Waals surface area contributed by atoms with Crippen molar-refractivity contribution in [2.24, 2.45) is 16.8 Å². The highest BCUT2D eigenvalue weighted by Gasteiger charge is 2.27. The van der Waals surface area contributed by atoms with Gasteiger partial charge in [0.1, 0.15) is 0 Å². The Kier molecular flexibility index (Phi) is 7.31. The van der Waals surface area contributed by atoms with E-state index in [4.69, 9.17) is 4.74 Å². The maximum Gasteiger partial charge on any atom is 0.211 e. The van der Waals surface area contributed by atoms with E-state index in [2.05, 4.69) is 15.2 Å². The third-order valence-electron chi connectivity index (χ3n) is 4.95. The van der Waals surface area contributed by atoms with E-state index in [1.807, 2.05) is 14.0 Å². The first kappa shape index (κ1) is 19.5. The first-order valence-corrected chi connectivity index (χ1v) is 10.8. The van der Waals surface area contributed by atoms with Crippen LogP contribution in [0.2, 0.25) is 0 Å². The Morgan fingerprint density at radius 2 is 1.88 bits per heavy atom. The summed E-state index contributed by atoms with van der Waals surface area (Å²) in [6, 6.07) is 0. The standard InChI is InChI=1S/C16H32N4O3S/c1-4-23-13-15-5-8-19(12-15)16(17-2)18-11-14-6-9-20(10-7-14)24(3,21)22/h14-15H,4-13H2,1-3H3,(H,17,18). The minimum atomic E-state index is -3.04. The summed E-state index contributed by atoms with van der Waals surface area (Å²) >= 11 is 0. The SMILES string of the molecule is CCOCC1CCN(C(=NC)NCC2CCN(S(C)(=O)=O)CC2)C1. The molecule has 2 aliphatic heterocycles. The molecule has 2 fully saturated rings. The number of guanidine groups is 1. The van der Waals surface area contributed by atoms with Crippen LogP contribution in [0.4, 0.5) is 0 Å². The second-order valence-corrected chi connectivity index (χ2v) is 8.78. The molecule has 1 N–H and O–H groups in total. The van der Waals surface area contributed by atoms with Crippen LogP contribution in [0.5, 0.6) is 0 Å². The highest BCUT2D eigenvalue weighted by Crippen LogP contribution is 2.19. The average molecular weight is 361 g/mol. The van der Waals surface area contributed by atoms with Crippen LogP contribution in [0.25, 0.3) is 0 Å². The van der Waals surface area contributed by atoms with Crippen LogP contribution in [0.15, 0.2) is 4.99 Å². The first-order chi connectivity index (χ1) is 11.4. The van der Waals surface area contributed by atoms with Crippen molar-refractivity contribution < 1.29 is 13.2 Å². The summed E-state index contributed by atoms with van der Waals surface area (Å²) in [5, 5.41) is 3.48. The minimum Gasteiger partial charge on any atom is -0.381 e. The van der Waals surface area contributed by atoms with Gasteiger partial charge in [0.25, 0.3) is 0 Å². The molecule has 2 rings (SSSR count). The molecule has 0 aromatic carbocycles. The Hall–Kier alpha value is -0.860. The Morgan fingerprint density at radius 3 is 2.46 bits per heavy atom. The summed E-state index contributed by atoms with van der Waals surface area (Å²) in [6.45, 7) is 7.76. The van der Waals surface area contributed by atoms with Gasteiger partial charge in [0.2, 0.25) is 10.0 Å². The molecule has 0 aromatic rings. The number of piperidine rings is 1. The molecule has 0 saturated carbocycles. The molecular formula is C16H32N4O3S. The second-order valence-electron chi connectivity index (χ2n) is 6.79. The van der Waals surface area contributed by atoms with Gasteiger partial charge in [-0.15, -0.1) is 0 Å². The Balaban J connectivity index is 1.73. The molecule has 0 amide bonds. The zero-order valence-corrected chi connectivity index (χ0v) is 16.0. The Labute approximate surface area is 146 Å². The molecule has 7 nitrogen and oxygen atoms in total. The number of nitrogens with zero attached hydrogens (tertiary/aromatic N) is 3. The maximum atomic E-state index is 11.6. The first-order valence-electron chi connectivity index (χ1n) is 8.92. The smallest absolute Gasteiger partial charge is 0.211 e. The molecule has 2 heterocycles. The van der Waals surface area contributed by atoms with Crippen LogP contribution < -0.4 is 5.32 Å². The van der Waals surface area contributed by atoms with E-state index < -0.39 is 10.0 Å². The van der Waals surface area contributed by atoms with E-state index in [1.54, 1.807) is 4.31 Å². The number of hydrogen-bond donors (Lipinski definition) is 1. The van der Waals surface area contributed by atoms with Crippen molar-refractivity contribution in [1.82, 2.24) is 14.5 Å². The summed E-state index contributed by atoms with van der Waals surface area (Å²) in [5.41, 5.74) is 0. The molecule has 0 aliphatic carbocycles. The van der Waals surface area contributed by atoms with E-state index in [1.165, 1.54) is 6.26 Å². The van der Waals surface area contributed by atoms with Crippen molar-refractivity contribution in [3.8, 4) is 0 Å². The van der Waals surface area contributed by atoms with E-state index >= 15 is 0 Å². The fraction of sp³-hybridized carbons (Fsp3) is 0.938. The lowest BCUT2D eigenvalue weighted by Gasteiger charge is -2.31. The molecule has 0 aromatic heterocycles. The largest absolute Gasteiger partial charge is 0.381 e. The fourth-order valence-corrected chi connectivity index (χ4v) is 4.33. The molecule has 2 aliphatic rings. The van der Waals surface area contributed by atoms with Crippen LogP contribution in [-0.4, -0.2) is 82.8 Å². The number of nitrogens with one attached hydrogen (secondary N) is 1. The summed E-state index contributed by atoms with van der Waals surface area (Å²) in [4.78, 5) is 6.71. The number of ether oxygens (including phenoxy) is 1. The summed E-state index contributed by atoms with van der Waals surface area (Å²) in [5.74, 6) is 2.04. The van der Waals surface area contributed by atoms with Gasteiger partial charge in [-0.2, -0.15) is 0 Å². The van der Waals surface area contributed by atoms with Gasteiger partial charge in [-0.1, -0.05) is 0 Å². The molecule has 140 valence electrons. The van der Waals surface area contributed by atoms with E-state index in [-0.39, 0.29) is 0 Å². The Bertz CT molecular complexity index is 515. The number of hydrogen-bond acceptors (Lipinski definition) is 4. The van der Waals surface area contributed by atoms with Gasteiger partial charge >= 0.3 is 0 Å². The average Bonchev–Trinajstić information content (AvgIpc) is 3.02. The quantitative estimate of drug-likeness (QED) is 0.554. The van der Waals surface area contributed by atoms with E-state index in [9.17, 15) is 8.42 Å². The van der Waals surface area contributed by atoms with Crippen molar-refractivity contribution in [1.29, 1.82) is 0 Å². The molecule has 0 spiro atoms. The highest BCUT2D eigenvalue weighted by atomic mass is 32.2. The highest BCUT2D eigenvalue weighted by molar-refractivity contribution is 7.88. The molecule has 0 radical (unpaired) electrons. The molecule has 8 heteroatoms. The zero-order chi connectivity index (χ0) is 17.6. The van der Waals surface area contributed by atoms with Gasteiger partial charge in [-0.05, 0) is 32.1 Å². The molecular weight excluding hydrogens is 328 g/mol. The van der Waals surface area contributed by atoms with Crippen molar-refractivity contribution >= 4 is 16.0 Å². The maximum absolute atomic E-state index is 11.6. The Morgan fingerprint density at radius 1 is 1.21 bits per heavy atom. The van der Waals surface area contributed by atoms with Gasteiger partial charge in [0, 0.05) is 52.3 Å². The normalized spacial score (nSPS) is 24.5. The van der Waals surface area contributed by atoms with Crippen molar-refractivity contribution in [2.75, 3.05) is 59.2 Å². The lowest BCUT2D eigenvalue weighted by Crippen LogP contribution is -2.45. The second kappa shape index (κ2) is 9.01. The lowest BCUT2D eigenvalue weighted by atomic mass is 9.98. The topological polar surface area (TPSA) is 74.2 Å². The lowest BCUT2D eigenvalue weighted by molar-refractivity contribution is 0.114. The predicted molar refractivity (Wildman–Crippen MR) is 96.7 cm³/mol. The number of aliphatic imine (C=N–C) groups is 1. The number of rotatable bonds is 6. The van der Waals surface area contributed by atoms with Crippen molar-refractivity contribution in [3.63, 3.8) is 0 Å². The van der Waals surface area contributed by atoms with Crippen molar-refractivity contribution in [2.45, 2.75) is 26.2 Å². The van der Waals surface area contributed by atoms with Crippen LogP contribution >= 0.6 is 0 Å². The molecule has 1 atom stereocenters. The van der Waals surface area contributed by atoms with E-state index in [0.29, 0.717) is 24.9 Å². The van der Waals surface area contributed by atoms with Crippen LogP contribution in [0, 0.1) is 11.8 Å². The minimum absolute atomic E-state index is 0.501. The van der Waals surface area contributed by atoms with Gasteiger partial charge in [0.05, 0.1) is 12.9 Å². The molecule has 0 bridgehead atoms. The number of likely N-dealkylation sites (tertiary alicyclic amines) is 1. The monoisotopic (exact) mass is 360 g/mol. The van der Waals surface area contributed by atoms with Crippen LogP contribution in [0.3, 0.4) is 0 Å². The molecule has 1 unspecified atom stereocenters. The van der Waals surface area contributed by atoms with Gasteiger partial charge < -0.3 is 15.0 Å². The third-order valence-corrected chi connectivity index (χ3v) is 6.25. The van der Waals surface area contributed by atoms with E-state index in [0.717, 1.165) is 58.1 Å². The van der Waals surface area contributed by atoms with Gasteiger partial charge in [-0.25, -0.2) is 12.7 Å². The van der Waals surface area contributed by atoms with Gasteiger partial charge in [-0.3, -0.25) is 4.99 Å². The summed E-state index contributed by atoms with van der Waals surface area (Å²) in [6.07, 6.45) is 4.25. The van der Waals surface area contributed by atoms with Crippen molar-refractivity contribution in [3.05, 3.63) is 0 Å². The third kappa shape index (κ3) is 5.60. The zero-order valence-electron chi connectivity index (χ0n) is 15.2. The summed E-state index contributed by atoms with van der Waals surface area (Å²) in [7, 11) is -1.22. The van der Waals surface area contributed by atoms with Crippen LogP contribution in [-0.2, 0) is 14.8 Å². The van der Waals surface area contributed by atoms with Gasteiger partial charge in [0.15, 0.2) is 5.96 Å². The van der Waals surface area contributed by atoms with Crippen LogP contribution in [0.1, 0.15) is 26.2 Å². The molecule has 24 heavy (non-hydrogen) atoms. The molecule has 2 saturated heterocycles.